The number of aromatic nitrogens is 4. The third kappa shape index (κ3) is 4.02. The summed E-state index contributed by atoms with van der Waals surface area (Å²) < 4.78 is 7.02. The van der Waals surface area contributed by atoms with Gasteiger partial charge in [0.1, 0.15) is 12.1 Å². The van der Waals surface area contributed by atoms with E-state index in [0.29, 0.717) is 13.2 Å². The van der Waals surface area contributed by atoms with Gasteiger partial charge in [0.15, 0.2) is 16.2 Å². The number of hydrogen-bond acceptors (Lipinski definition) is 8. The molecule has 0 aliphatic heterocycles. The van der Waals surface area contributed by atoms with E-state index in [2.05, 4.69) is 25.2 Å². The number of azo groups is 1. The third-order valence-corrected chi connectivity index (χ3v) is 3.63. The second-order valence-corrected chi connectivity index (χ2v) is 5.45. The first-order valence-electron chi connectivity index (χ1n) is 7.87. The van der Waals surface area contributed by atoms with Crippen LogP contribution < -0.4 is 10.3 Å². The van der Waals surface area contributed by atoms with E-state index in [4.69, 9.17) is 27.5 Å². The molecule has 0 aliphatic carbocycles. The number of aromatic amines is 2. The van der Waals surface area contributed by atoms with Crippen molar-refractivity contribution >= 4 is 23.9 Å². The highest BCUT2D eigenvalue weighted by Gasteiger charge is 2.14. The van der Waals surface area contributed by atoms with Crippen LogP contribution in [0.15, 0.2) is 15.0 Å². The lowest BCUT2D eigenvalue weighted by Crippen LogP contribution is -2.22. The number of nitrogens with zero attached hydrogens (tertiary/aromatic N) is 6. The fraction of sp³-hybridized carbons (Fsp3) is 0.400. The van der Waals surface area contributed by atoms with Crippen molar-refractivity contribution in [1.29, 1.82) is 10.5 Å². The number of nitrogens with one attached hydrogen (secondary N) is 2. The maximum atomic E-state index is 12.7. The lowest BCUT2D eigenvalue weighted by Gasteiger charge is -2.10. The molecule has 26 heavy (non-hydrogen) atoms. The molecule has 2 N–H and O–H groups in total. The molecule has 0 aromatic carbocycles. The first-order valence-corrected chi connectivity index (χ1v) is 8.28. The van der Waals surface area contributed by atoms with Crippen molar-refractivity contribution in [3.63, 3.8) is 0 Å². The molecule has 0 amide bonds. The predicted molar refractivity (Wildman–Crippen MR) is 94.2 cm³/mol. The predicted octanol–water partition coefficient (Wildman–Crippen LogP) is 2.99. The fourth-order valence-corrected chi connectivity index (χ4v) is 2.33. The van der Waals surface area contributed by atoms with Crippen LogP contribution in [0.4, 0.5) is 11.6 Å². The molecule has 0 bridgehead atoms. The van der Waals surface area contributed by atoms with E-state index in [1.165, 1.54) is 4.57 Å². The molecule has 0 fully saturated rings. The van der Waals surface area contributed by atoms with Crippen LogP contribution in [0.2, 0.25) is 0 Å². The molecule has 0 atom stereocenters. The Morgan fingerprint density at radius 2 is 2.04 bits per heavy atom. The summed E-state index contributed by atoms with van der Waals surface area (Å²) in [4.78, 5) is 21.9. The molecule has 0 saturated heterocycles. The quantitative estimate of drug-likeness (QED) is 0.564. The van der Waals surface area contributed by atoms with E-state index < -0.39 is 5.56 Å². The average Bonchev–Trinajstić information content (AvgIpc) is 3.03. The standard InChI is InChI=1S/C15H16N8O2S/c1-3-5-6-23-13(24)11(12(25-4-2)20-15(23)26)21-22-14-18-9(7-16)10(8-17)19-14/h3-6H2,1-2H3,(H,18,19)(H,20,26). The Kier molecular flexibility index (Phi) is 6.36. The van der Waals surface area contributed by atoms with E-state index in [9.17, 15) is 4.79 Å². The number of ether oxygens (including phenoxy) is 1. The Morgan fingerprint density at radius 3 is 2.62 bits per heavy atom. The van der Waals surface area contributed by atoms with Crippen LogP contribution in [0.3, 0.4) is 0 Å². The Bertz CT molecular complexity index is 987. The minimum atomic E-state index is -0.443. The monoisotopic (exact) mass is 372 g/mol. The zero-order valence-corrected chi connectivity index (χ0v) is 15.1. The second-order valence-electron chi connectivity index (χ2n) is 5.06. The number of unbranched alkanes of at least 4 members (excludes halogenated alkanes) is 1. The number of H-pyrrole nitrogens is 2. The van der Waals surface area contributed by atoms with Gasteiger partial charge in [-0.2, -0.15) is 15.5 Å². The summed E-state index contributed by atoms with van der Waals surface area (Å²) in [7, 11) is 0. The van der Waals surface area contributed by atoms with Crippen LogP contribution in [0.1, 0.15) is 38.1 Å². The van der Waals surface area contributed by atoms with E-state index in [-0.39, 0.29) is 33.7 Å². The summed E-state index contributed by atoms with van der Waals surface area (Å²) in [6.45, 7) is 4.50. The Morgan fingerprint density at radius 1 is 1.27 bits per heavy atom. The lowest BCUT2D eigenvalue weighted by atomic mass is 10.3. The van der Waals surface area contributed by atoms with Gasteiger partial charge in [0, 0.05) is 6.54 Å². The van der Waals surface area contributed by atoms with Crippen LogP contribution >= 0.6 is 12.2 Å². The van der Waals surface area contributed by atoms with Gasteiger partial charge in [-0.1, -0.05) is 13.3 Å². The van der Waals surface area contributed by atoms with Crippen molar-refractivity contribution in [2.24, 2.45) is 10.2 Å². The molecule has 0 aliphatic rings. The molecular weight excluding hydrogens is 356 g/mol. The molecule has 134 valence electrons. The molecule has 2 aromatic rings. The molecule has 10 nitrogen and oxygen atoms in total. The Hall–Kier alpha value is -3.31. The maximum Gasteiger partial charge on any atom is 0.286 e. The Balaban J connectivity index is 2.51. The van der Waals surface area contributed by atoms with E-state index in [1.807, 2.05) is 6.92 Å². The molecule has 0 saturated carbocycles. The van der Waals surface area contributed by atoms with Gasteiger partial charge in [-0.25, -0.2) is 0 Å². The van der Waals surface area contributed by atoms with Crippen molar-refractivity contribution in [3.8, 4) is 18.0 Å². The highest BCUT2D eigenvalue weighted by atomic mass is 32.1. The van der Waals surface area contributed by atoms with E-state index in [1.54, 1.807) is 19.1 Å². The molecule has 0 radical (unpaired) electrons. The van der Waals surface area contributed by atoms with Crippen molar-refractivity contribution in [2.75, 3.05) is 6.61 Å². The molecule has 2 rings (SSSR count). The molecule has 11 heteroatoms. The van der Waals surface area contributed by atoms with Crippen molar-refractivity contribution < 1.29 is 4.74 Å². The van der Waals surface area contributed by atoms with Gasteiger partial charge >= 0.3 is 0 Å². The van der Waals surface area contributed by atoms with E-state index >= 15 is 0 Å². The smallest absolute Gasteiger partial charge is 0.286 e. The molecule has 0 spiro atoms. The zero-order chi connectivity index (χ0) is 19.1. The second kappa shape index (κ2) is 8.69. The lowest BCUT2D eigenvalue weighted by molar-refractivity contribution is 0.324. The van der Waals surface area contributed by atoms with Crippen LogP contribution in [0.5, 0.6) is 5.88 Å². The zero-order valence-electron chi connectivity index (χ0n) is 14.2. The minimum Gasteiger partial charge on any atom is -0.478 e. The minimum absolute atomic E-state index is 0.0284. The summed E-state index contributed by atoms with van der Waals surface area (Å²) in [5.41, 5.74) is -0.634. The van der Waals surface area contributed by atoms with Gasteiger partial charge in [0.25, 0.3) is 5.56 Å². The van der Waals surface area contributed by atoms with Gasteiger partial charge < -0.3 is 14.7 Å². The highest BCUT2D eigenvalue weighted by molar-refractivity contribution is 7.71. The van der Waals surface area contributed by atoms with Gasteiger partial charge in [-0.15, -0.1) is 10.2 Å². The summed E-state index contributed by atoms with van der Waals surface area (Å²) >= 11 is 5.21. The average molecular weight is 372 g/mol. The van der Waals surface area contributed by atoms with E-state index in [0.717, 1.165) is 12.8 Å². The van der Waals surface area contributed by atoms with Crippen molar-refractivity contribution in [3.05, 3.63) is 26.5 Å². The topological polar surface area (TPSA) is 148 Å². The van der Waals surface area contributed by atoms with Crippen LogP contribution in [-0.2, 0) is 6.54 Å². The van der Waals surface area contributed by atoms with Crippen LogP contribution in [-0.4, -0.2) is 26.1 Å². The number of hydrogen-bond donors (Lipinski definition) is 2. The largest absolute Gasteiger partial charge is 0.478 e. The first-order chi connectivity index (χ1) is 12.5. The van der Waals surface area contributed by atoms with Crippen molar-refractivity contribution in [1.82, 2.24) is 19.5 Å². The summed E-state index contributed by atoms with van der Waals surface area (Å²) in [5.74, 6) is 0.0362. The van der Waals surface area contributed by atoms with Gasteiger partial charge in [0.05, 0.1) is 6.61 Å². The summed E-state index contributed by atoms with van der Waals surface area (Å²) in [5, 5.41) is 25.6. The van der Waals surface area contributed by atoms with Crippen LogP contribution in [0, 0.1) is 27.4 Å². The van der Waals surface area contributed by atoms with Crippen molar-refractivity contribution in [2.45, 2.75) is 33.2 Å². The van der Waals surface area contributed by atoms with Gasteiger partial charge in [-0.3, -0.25) is 9.36 Å². The SMILES string of the molecule is CCCCn1c(=S)[nH]c(OCC)c(N=Nc2nc(C#N)c(C#N)[nH]2)c1=O. The number of rotatable bonds is 7. The van der Waals surface area contributed by atoms with Gasteiger partial charge in [-0.05, 0) is 25.6 Å². The third-order valence-electron chi connectivity index (χ3n) is 3.31. The first kappa shape index (κ1) is 19.0. The normalized spacial score (nSPS) is 10.6. The molecular formula is C15H16N8O2S. The maximum absolute atomic E-state index is 12.7. The molecule has 0 unspecified atom stereocenters. The molecule has 2 heterocycles. The summed E-state index contributed by atoms with van der Waals surface area (Å²) in [6.07, 6.45) is 1.67. The summed E-state index contributed by atoms with van der Waals surface area (Å²) in [6, 6.07) is 3.57. The van der Waals surface area contributed by atoms with Crippen LogP contribution in [0.25, 0.3) is 0 Å². The number of nitriles is 2. The highest BCUT2D eigenvalue weighted by Crippen LogP contribution is 2.23. The molecule has 2 aromatic heterocycles. The Labute approximate surface area is 153 Å². The number of imidazole rings is 1. The van der Waals surface area contributed by atoms with Gasteiger partial charge in [0.2, 0.25) is 17.5 Å². The fourth-order valence-electron chi connectivity index (χ4n) is 2.06.